The lowest BCUT2D eigenvalue weighted by atomic mass is 10.7. The first kappa shape index (κ1) is 4.23. The Bertz CT molecular complexity index is 103. The van der Waals surface area contributed by atoms with Crippen molar-refractivity contribution in [2.45, 2.75) is 0 Å². The maximum Gasteiger partial charge on any atom is 0.121 e. The molecule has 1 rings (SSSR count). The summed E-state index contributed by atoms with van der Waals surface area (Å²) in [5, 5.41) is 7.40. The van der Waals surface area contributed by atoms with Crippen LogP contribution in [0.25, 0.3) is 0 Å². The lowest BCUT2D eigenvalue weighted by Gasteiger charge is -1.66. The van der Waals surface area contributed by atoms with Gasteiger partial charge in [0.2, 0.25) is 0 Å². The van der Waals surface area contributed by atoms with Crippen molar-refractivity contribution in [3.63, 3.8) is 0 Å². The summed E-state index contributed by atoms with van der Waals surface area (Å²) in [7, 11) is 0. The molecule has 3 heteroatoms. The predicted molar refractivity (Wildman–Crippen MR) is 31.8 cm³/mol. The van der Waals surface area contributed by atoms with E-state index >= 15 is 0 Å². The Morgan fingerprint density at radius 3 is 2.83 bits per heavy atom. The van der Waals surface area contributed by atoms with Crippen molar-refractivity contribution >= 4 is 22.6 Å². The van der Waals surface area contributed by atoms with Crippen LogP contribution in [0.5, 0.6) is 0 Å². The molecule has 1 aliphatic heterocycles. The van der Waals surface area contributed by atoms with E-state index in [-0.39, 0.29) is 0 Å². The summed E-state index contributed by atoms with van der Waals surface area (Å²) in [4.78, 5) is 0. The topological polar surface area (TPSA) is 24.7 Å². The standard InChI is InChI=1S/C3H3IN2/c4-3-1-2-5-6-3/h1H,2H2. The highest BCUT2D eigenvalue weighted by Gasteiger charge is 1.89. The Kier molecular flexibility index (Phi) is 1.19. The third kappa shape index (κ3) is 0.767. The van der Waals surface area contributed by atoms with Crippen LogP contribution in [0.3, 0.4) is 0 Å². The fourth-order valence-electron chi connectivity index (χ4n) is 0.265. The average molecular weight is 194 g/mol. The summed E-state index contributed by atoms with van der Waals surface area (Å²) in [5.74, 6) is 0. The van der Waals surface area contributed by atoms with Gasteiger partial charge in [-0.1, -0.05) is 0 Å². The second-order valence-corrected chi connectivity index (χ2v) is 2.06. The van der Waals surface area contributed by atoms with Crippen LogP contribution < -0.4 is 0 Å². The van der Waals surface area contributed by atoms with E-state index in [9.17, 15) is 0 Å². The van der Waals surface area contributed by atoms with Gasteiger partial charge >= 0.3 is 0 Å². The molecule has 2 nitrogen and oxygen atoms in total. The van der Waals surface area contributed by atoms with Crippen LogP contribution in [0.2, 0.25) is 0 Å². The highest BCUT2D eigenvalue weighted by atomic mass is 127. The normalized spacial score (nSPS) is 18.5. The Hall–Kier alpha value is 0.0700. The maximum atomic E-state index is 3.71. The number of halogens is 1. The lowest BCUT2D eigenvalue weighted by molar-refractivity contribution is 1.14. The molecule has 0 N–H and O–H groups in total. The second-order valence-electron chi connectivity index (χ2n) is 0.951. The van der Waals surface area contributed by atoms with Gasteiger partial charge in [-0.2, -0.15) is 5.11 Å². The van der Waals surface area contributed by atoms with Gasteiger partial charge in [-0.05, 0) is 28.7 Å². The van der Waals surface area contributed by atoms with Crippen LogP contribution in [-0.2, 0) is 0 Å². The van der Waals surface area contributed by atoms with Crippen LogP contribution in [0.4, 0.5) is 0 Å². The molecule has 0 aromatic rings. The van der Waals surface area contributed by atoms with Crippen molar-refractivity contribution in [1.82, 2.24) is 0 Å². The van der Waals surface area contributed by atoms with Crippen LogP contribution in [0.1, 0.15) is 0 Å². The summed E-state index contributed by atoms with van der Waals surface area (Å²) in [6.45, 7) is 0.776. The zero-order valence-electron chi connectivity index (χ0n) is 3.06. The van der Waals surface area contributed by atoms with Gasteiger partial charge in [0.1, 0.15) is 3.70 Å². The van der Waals surface area contributed by atoms with E-state index in [4.69, 9.17) is 0 Å². The lowest BCUT2D eigenvalue weighted by Crippen LogP contribution is -1.54. The summed E-state index contributed by atoms with van der Waals surface area (Å²) >= 11 is 2.13. The second kappa shape index (κ2) is 1.68. The minimum atomic E-state index is 0.776. The molecular formula is C3H3IN2. The van der Waals surface area contributed by atoms with Crippen molar-refractivity contribution in [1.29, 1.82) is 0 Å². The van der Waals surface area contributed by atoms with Crippen molar-refractivity contribution < 1.29 is 0 Å². The third-order valence-electron chi connectivity index (χ3n) is 0.508. The first-order valence-electron chi connectivity index (χ1n) is 1.63. The van der Waals surface area contributed by atoms with E-state index in [1.54, 1.807) is 0 Å². The molecule has 32 valence electrons. The Labute approximate surface area is 49.5 Å². The van der Waals surface area contributed by atoms with Crippen molar-refractivity contribution in [3.05, 3.63) is 9.78 Å². The Morgan fingerprint density at radius 1 is 1.83 bits per heavy atom. The minimum absolute atomic E-state index is 0.776. The smallest absolute Gasteiger partial charge is 0.121 e. The van der Waals surface area contributed by atoms with E-state index < -0.39 is 0 Å². The van der Waals surface area contributed by atoms with Crippen LogP contribution in [0, 0.1) is 0 Å². The minimum Gasteiger partial charge on any atom is -0.184 e. The third-order valence-corrected chi connectivity index (χ3v) is 1.16. The molecule has 0 amide bonds. The molecule has 1 aliphatic rings. The molecule has 0 radical (unpaired) electrons. The summed E-state index contributed by atoms with van der Waals surface area (Å²) in [6, 6.07) is 0. The van der Waals surface area contributed by atoms with Gasteiger partial charge in [-0.3, -0.25) is 0 Å². The van der Waals surface area contributed by atoms with Crippen LogP contribution in [0.15, 0.2) is 20.0 Å². The maximum absolute atomic E-state index is 3.71. The molecule has 0 bridgehead atoms. The molecule has 0 aliphatic carbocycles. The molecule has 1 heterocycles. The van der Waals surface area contributed by atoms with E-state index in [1.165, 1.54) is 0 Å². The van der Waals surface area contributed by atoms with Gasteiger partial charge in [-0.25, -0.2) is 0 Å². The van der Waals surface area contributed by atoms with Gasteiger partial charge in [0.05, 0.1) is 6.54 Å². The van der Waals surface area contributed by atoms with Gasteiger partial charge < -0.3 is 0 Å². The quantitative estimate of drug-likeness (QED) is 0.414. The van der Waals surface area contributed by atoms with Gasteiger partial charge in [0, 0.05) is 0 Å². The SMILES string of the molecule is IC1=CCN=N1. The number of hydrogen-bond donors (Lipinski definition) is 0. The van der Waals surface area contributed by atoms with E-state index in [0.29, 0.717) is 0 Å². The van der Waals surface area contributed by atoms with Crippen molar-refractivity contribution in [2.75, 3.05) is 6.54 Å². The molecule has 0 unspecified atom stereocenters. The van der Waals surface area contributed by atoms with Crippen LogP contribution in [-0.4, -0.2) is 6.54 Å². The van der Waals surface area contributed by atoms with Gasteiger partial charge in [-0.15, -0.1) is 5.11 Å². The molecule has 0 atom stereocenters. The Balaban J connectivity index is 2.68. The molecular weight excluding hydrogens is 191 g/mol. The molecule has 6 heavy (non-hydrogen) atoms. The average Bonchev–Trinajstić information content (AvgIpc) is 1.86. The summed E-state index contributed by atoms with van der Waals surface area (Å²) in [6.07, 6.45) is 1.97. The van der Waals surface area contributed by atoms with E-state index in [0.717, 1.165) is 10.2 Å². The zero-order chi connectivity index (χ0) is 4.41. The zero-order valence-corrected chi connectivity index (χ0v) is 5.21. The molecule has 0 saturated heterocycles. The van der Waals surface area contributed by atoms with Gasteiger partial charge in [0.25, 0.3) is 0 Å². The molecule has 0 fully saturated rings. The predicted octanol–water partition coefficient (Wildman–Crippen LogP) is 1.73. The Morgan fingerprint density at radius 2 is 2.67 bits per heavy atom. The molecule has 0 saturated carbocycles. The monoisotopic (exact) mass is 194 g/mol. The fourth-order valence-corrected chi connectivity index (χ4v) is 0.615. The first-order chi connectivity index (χ1) is 2.89. The number of rotatable bonds is 0. The molecule has 0 aromatic carbocycles. The number of nitrogens with zero attached hydrogens (tertiary/aromatic N) is 2. The highest BCUT2D eigenvalue weighted by molar-refractivity contribution is 14.1. The first-order valence-corrected chi connectivity index (χ1v) is 2.70. The van der Waals surface area contributed by atoms with E-state index in [2.05, 4.69) is 32.8 Å². The highest BCUT2D eigenvalue weighted by Crippen LogP contribution is 2.11. The van der Waals surface area contributed by atoms with Gasteiger partial charge in [0.15, 0.2) is 0 Å². The van der Waals surface area contributed by atoms with Crippen molar-refractivity contribution in [3.8, 4) is 0 Å². The number of hydrogen-bond acceptors (Lipinski definition) is 2. The molecule has 0 aromatic heterocycles. The molecule has 0 spiro atoms. The van der Waals surface area contributed by atoms with E-state index in [1.807, 2.05) is 6.08 Å². The summed E-state index contributed by atoms with van der Waals surface area (Å²) < 4.78 is 1.01. The number of azo groups is 1. The van der Waals surface area contributed by atoms with Crippen molar-refractivity contribution in [2.24, 2.45) is 10.2 Å². The summed E-state index contributed by atoms with van der Waals surface area (Å²) in [5.41, 5.74) is 0. The largest absolute Gasteiger partial charge is 0.184 e. The van der Waals surface area contributed by atoms with Crippen LogP contribution >= 0.6 is 22.6 Å². The fraction of sp³-hybridized carbons (Fsp3) is 0.333.